The Morgan fingerprint density at radius 2 is 1.55 bits per heavy atom. The van der Waals surface area contributed by atoms with E-state index in [4.69, 9.17) is 0 Å². The van der Waals surface area contributed by atoms with E-state index < -0.39 is 0 Å². The van der Waals surface area contributed by atoms with E-state index >= 15 is 0 Å². The van der Waals surface area contributed by atoms with Crippen molar-refractivity contribution in [3.05, 3.63) is 34.4 Å². The van der Waals surface area contributed by atoms with Gasteiger partial charge in [0.05, 0.1) is 0 Å². The normalized spacial score (nSPS) is 26.9. The molecule has 0 spiro atoms. The number of nitrogens with zero attached hydrogens (tertiary/aromatic N) is 4. The zero-order chi connectivity index (χ0) is 20.5. The molecule has 0 unspecified atom stereocenters. The lowest BCUT2D eigenvalue weighted by Gasteiger charge is -2.37. The Bertz CT molecular complexity index is 741. The van der Waals surface area contributed by atoms with Gasteiger partial charge in [0.1, 0.15) is 0 Å². The first-order valence-corrected chi connectivity index (χ1v) is 11.5. The van der Waals surface area contributed by atoms with E-state index in [1.165, 1.54) is 55.0 Å². The van der Waals surface area contributed by atoms with Crippen molar-refractivity contribution in [1.82, 2.24) is 19.6 Å². The van der Waals surface area contributed by atoms with E-state index in [1.807, 2.05) is 11.9 Å². The average Bonchev–Trinajstić information content (AvgIpc) is 3.00. The number of rotatable bonds is 5. The van der Waals surface area contributed by atoms with Gasteiger partial charge in [0.15, 0.2) is 0 Å². The molecule has 0 aromatic heterocycles. The van der Waals surface area contributed by atoms with Gasteiger partial charge in [0.2, 0.25) is 5.91 Å². The highest BCUT2D eigenvalue weighted by Crippen LogP contribution is 2.32. The van der Waals surface area contributed by atoms with E-state index in [2.05, 4.69) is 47.6 Å². The van der Waals surface area contributed by atoms with Crippen molar-refractivity contribution in [1.29, 1.82) is 0 Å². The fourth-order valence-electron chi connectivity index (χ4n) is 5.51. The van der Waals surface area contributed by atoms with Crippen LogP contribution in [0.5, 0.6) is 0 Å². The number of likely N-dealkylation sites (N-methyl/N-ethyl adjacent to an activating group) is 2. The SMILES string of the molecule is CCN1CCN(Cc2cc(C)cc(CN3CC[C@@H]4CC(=O)N(C)[C@@H]4C3)c2C)CC1. The van der Waals surface area contributed by atoms with Crippen molar-refractivity contribution in [3.63, 3.8) is 0 Å². The minimum atomic E-state index is 0.332. The molecule has 160 valence electrons. The lowest BCUT2D eigenvalue weighted by molar-refractivity contribution is -0.127. The van der Waals surface area contributed by atoms with Gasteiger partial charge in [-0.1, -0.05) is 24.6 Å². The molecule has 3 aliphatic heterocycles. The molecular weight excluding hydrogens is 360 g/mol. The van der Waals surface area contributed by atoms with E-state index in [-0.39, 0.29) is 0 Å². The summed E-state index contributed by atoms with van der Waals surface area (Å²) in [6.45, 7) is 16.9. The average molecular weight is 399 g/mol. The molecule has 0 radical (unpaired) electrons. The number of carbonyl (C=O) groups excluding carboxylic acids is 1. The minimum Gasteiger partial charge on any atom is -0.341 e. The Morgan fingerprint density at radius 1 is 0.931 bits per heavy atom. The lowest BCUT2D eigenvalue weighted by atomic mass is 9.91. The zero-order valence-electron chi connectivity index (χ0n) is 18.8. The molecule has 3 heterocycles. The van der Waals surface area contributed by atoms with Gasteiger partial charge in [0, 0.05) is 65.3 Å². The van der Waals surface area contributed by atoms with Crippen LogP contribution in [-0.2, 0) is 17.9 Å². The number of fused-ring (bicyclic) bond motifs is 1. The van der Waals surface area contributed by atoms with Crippen molar-refractivity contribution in [2.75, 3.05) is 52.9 Å². The quantitative estimate of drug-likeness (QED) is 0.762. The van der Waals surface area contributed by atoms with Gasteiger partial charge in [0.25, 0.3) is 0 Å². The van der Waals surface area contributed by atoms with Gasteiger partial charge < -0.3 is 9.80 Å². The van der Waals surface area contributed by atoms with Gasteiger partial charge in [-0.2, -0.15) is 0 Å². The van der Waals surface area contributed by atoms with Crippen LogP contribution in [0.2, 0.25) is 0 Å². The highest BCUT2D eigenvalue weighted by Gasteiger charge is 2.40. The predicted molar refractivity (Wildman–Crippen MR) is 118 cm³/mol. The summed E-state index contributed by atoms with van der Waals surface area (Å²) in [6.07, 6.45) is 1.91. The third-order valence-electron chi connectivity index (χ3n) is 7.60. The molecule has 0 bridgehead atoms. The van der Waals surface area contributed by atoms with Gasteiger partial charge in [-0.3, -0.25) is 14.6 Å². The Kier molecular flexibility index (Phi) is 6.28. The number of benzene rings is 1. The fraction of sp³-hybridized carbons (Fsp3) is 0.708. The summed E-state index contributed by atoms with van der Waals surface area (Å²) in [5.74, 6) is 0.902. The van der Waals surface area contributed by atoms with Crippen molar-refractivity contribution in [2.24, 2.45) is 5.92 Å². The molecule has 3 saturated heterocycles. The number of carbonyl (C=O) groups is 1. The monoisotopic (exact) mass is 398 g/mol. The van der Waals surface area contributed by atoms with Gasteiger partial charge in [-0.25, -0.2) is 0 Å². The topological polar surface area (TPSA) is 30.0 Å². The molecule has 0 saturated carbocycles. The zero-order valence-corrected chi connectivity index (χ0v) is 18.8. The molecule has 1 amide bonds. The second-order valence-corrected chi connectivity index (χ2v) is 9.48. The molecule has 0 N–H and O–H groups in total. The van der Waals surface area contributed by atoms with Crippen molar-refractivity contribution >= 4 is 5.91 Å². The second kappa shape index (κ2) is 8.75. The first-order valence-electron chi connectivity index (χ1n) is 11.5. The standard InChI is InChI=1S/C24H38N4O/c1-5-26-8-10-27(11-9-26)15-21-12-18(2)13-22(19(21)3)16-28-7-6-20-14-24(29)25(4)23(20)17-28/h12-13,20,23H,5-11,14-17H2,1-4H3/t20-,23-/m1/s1. The van der Waals surface area contributed by atoms with Gasteiger partial charge in [-0.05, 0) is 56.0 Å². The third-order valence-corrected chi connectivity index (χ3v) is 7.60. The van der Waals surface area contributed by atoms with Crippen LogP contribution in [-0.4, -0.2) is 84.4 Å². The number of hydrogen-bond donors (Lipinski definition) is 0. The Hall–Kier alpha value is -1.43. The van der Waals surface area contributed by atoms with Gasteiger partial charge >= 0.3 is 0 Å². The lowest BCUT2D eigenvalue weighted by Crippen LogP contribution is -2.47. The molecule has 1 aromatic carbocycles. The van der Waals surface area contributed by atoms with Gasteiger partial charge in [-0.15, -0.1) is 0 Å². The predicted octanol–water partition coefficient (Wildman–Crippen LogP) is 2.49. The van der Waals surface area contributed by atoms with E-state index in [0.717, 1.165) is 39.0 Å². The van der Waals surface area contributed by atoms with E-state index in [0.29, 0.717) is 17.9 Å². The molecule has 3 aliphatic rings. The van der Waals surface area contributed by atoms with Crippen LogP contribution in [0.1, 0.15) is 42.0 Å². The summed E-state index contributed by atoms with van der Waals surface area (Å²) in [5.41, 5.74) is 5.80. The second-order valence-electron chi connectivity index (χ2n) is 9.48. The Balaban J connectivity index is 1.42. The molecule has 4 rings (SSSR count). The van der Waals surface area contributed by atoms with Crippen LogP contribution in [0.15, 0.2) is 12.1 Å². The van der Waals surface area contributed by atoms with Crippen LogP contribution in [0.25, 0.3) is 0 Å². The molecule has 0 aliphatic carbocycles. The highest BCUT2D eigenvalue weighted by molar-refractivity contribution is 5.79. The Labute approximate surface area is 176 Å². The first-order chi connectivity index (χ1) is 13.9. The number of piperazine rings is 1. The number of aryl methyl sites for hydroxylation is 1. The number of amides is 1. The summed E-state index contributed by atoms with van der Waals surface area (Å²) in [7, 11) is 1.99. The molecule has 5 heteroatoms. The number of piperidine rings is 1. The van der Waals surface area contributed by atoms with Crippen LogP contribution in [0.4, 0.5) is 0 Å². The van der Waals surface area contributed by atoms with Crippen LogP contribution in [0, 0.1) is 19.8 Å². The summed E-state index contributed by atoms with van der Waals surface area (Å²) < 4.78 is 0. The number of hydrogen-bond acceptors (Lipinski definition) is 4. The summed E-state index contributed by atoms with van der Waals surface area (Å²) in [6, 6.07) is 5.18. The largest absolute Gasteiger partial charge is 0.341 e. The van der Waals surface area contributed by atoms with E-state index in [9.17, 15) is 4.79 Å². The summed E-state index contributed by atoms with van der Waals surface area (Å²) in [5, 5.41) is 0. The number of likely N-dealkylation sites (tertiary alicyclic amines) is 2. The minimum absolute atomic E-state index is 0.332. The maximum atomic E-state index is 12.1. The molecular formula is C24H38N4O. The fourth-order valence-corrected chi connectivity index (χ4v) is 5.51. The Morgan fingerprint density at radius 3 is 2.21 bits per heavy atom. The van der Waals surface area contributed by atoms with Crippen LogP contribution in [0.3, 0.4) is 0 Å². The first kappa shape index (κ1) is 20.8. The van der Waals surface area contributed by atoms with Crippen molar-refractivity contribution < 1.29 is 4.79 Å². The molecule has 1 aromatic rings. The van der Waals surface area contributed by atoms with E-state index in [1.54, 1.807) is 0 Å². The third kappa shape index (κ3) is 4.52. The molecule has 29 heavy (non-hydrogen) atoms. The van der Waals surface area contributed by atoms with Crippen LogP contribution < -0.4 is 0 Å². The highest BCUT2D eigenvalue weighted by atomic mass is 16.2. The van der Waals surface area contributed by atoms with Crippen molar-refractivity contribution in [2.45, 2.75) is 52.7 Å². The maximum Gasteiger partial charge on any atom is 0.222 e. The molecule has 2 atom stereocenters. The molecule has 5 nitrogen and oxygen atoms in total. The molecule has 3 fully saturated rings. The summed E-state index contributed by atoms with van der Waals surface area (Å²) in [4.78, 5) is 21.8. The smallest absolute Gasteiger partial charge is 0.222 e. The van der Waals surface area contributed by atoms with Crippen molar-refractivity contribution in [3.8, 4) is 0 Å². The van der Waals surface area contributed by atoms with Crippen LogP contribution >= 0.6 is 0 Å². The summed E-state index contributed by atoms with van der Waals surface area (Å²) >= 11 is 0. The maximum absolute atomic E-state index is 12.1.